The van der Waals surface area contributed by atoms with Gasteiger partial charge in [-0.15, -0.1) is 0 Å². The van der Waals surface area contributed by atoms with Crippen LogP contribution in [0.2, 0.25) is 0 Å². The molecule has 0 saturated carbocycles. The van der Waals surface area contributed by atoms with Gasteiger partial charge in [0.15, 0.2) is 0 Å². The Kier molecular flexibility index (Phi) is 6.83. The Hall–Kier alpha value is -3.64. The highest BCUT2D eigenvalue weighted by molar-refractivity contribution is 5.87. The van der Waals surface area contributed by atoms with E-state index in [1.54, 1.807) is 19.1 Å². The number of benzene rings is 2. The smallest absolute Gasteiger partial charge is 0.356 e. The van der Waals surface area contributed by atoms with E-state index in [-0.39, 0.29) is 37.1 Å². The van der Waals surface area contributed by atoms with Crippen LogP contribution in [0.4, 0.5) is 4.39 Å². The summed E-state index contributed by atoms with van der Waals surface area (Å²) in [5.74, 6) is -1.08. The monoisotopic (exact) mass is 407 g/mol. The maximum absolute atomic E-state index is 14.8. The Bertz CT molecular complexity index is 1070. The summed E-state index contributed by atoms with van der Waals surface area (Å²) in [4.78, 5) is 15.0. The second-order valence-corrected chi connectivity index (χ2v) is 6.68. The van der Waals surface area contributed by atoms with Gasteiger partial charge in [-0.2, -0.15) is 5.10 Å². The number of ether oxygens (including phenoxy) is 1. The molecular formula is C22H22FN5O2. The molecule has 0 N–H and O–H groups in total. The minimum atomic E-state index is -0.505. The molecular weight excluding hydrogens is 385 g/mol. The first-order valence-electron chi connectivity index (χ1n) is 9.65. The van der Waals surface area contributed by atoms with Crippen molar-refractivity contribution in [2.45, 2.75) is 26.3 Å². The van der Waals surface area contributed by atoms with Gasteiger partial charge in [0.1, 0.15) is 11.5 Å². The van der Waals surface area contributed by atoms with Gasteiger partial charge in [-0.05, 0) is 35.7 Å². The lowest BCUT2D eigenvalue weighted by atomic mass is 9.94. The van der Waals surface area contributed by atoms with Crippen LogP contribution in [0, 0.1) is 5.82 Å². The molecule has 154 valence electrons. The summed E-state index contributed by atoms with van der Waals surface area (Å²) < 4.78 is 21.3. The van der Waals surface area contributed by atoms with Crippen LogP contribution < -0.4 is 0 Å². The number of azide groups is 1. The summed E-state index contributed by atoms with van der Waals surface area (Å²) in [5.41, 5.74) is 11.4. The topological polar surface area (TPSA) is 92.9 Å². The fraction of sp³-hybridized carbons (Fsp3) is 0.273. The predicted molar refractivity (Wildman–Crippen MR) is 112 cm³/mol. The number of rotatable bonds is 8. The van der Waals surface area contributed by atoms with Gasteiger partial charge in [-0.25, -0.2) is 9.18 Å². The van der Waals surface area contributed by atoms with Crippen LogP contribution in [0.15, 0.2) is 59.7 Å². The molecule has 1 atom stereocenters. The van der Waals surface area contributed by atoms with Gasteiger partial charge in [-0.1, -0.05) is 54.5 Å². The van der Waals surface area contributed by atoms with E-state index in [1.165, 1.54) is 10.7 Å². The number of carbonyl (C=O) groups is 1. The van der Waals surface area contributed by atoms with Crippen molar-refractivity contribution >= 4 is 5.97 Å². The first-order chi connectivity index (χ1) is 14.5. The number of esters is 1. The van der Waals surface area contributed by atoms with E-state index in [0.717, 1.165) is 11.1 Å². The molecule has 1 aromatic heterocycles. The molecule has 0 aliphatic rings. The summed E-state index contributed by atoms with van der Waals surface area (Å²) in [6, 6.07) is 16.1. The Morgan fingerprint density at radius 1 is 1.27 bits per heavy atom. The van der Waals surface area contributed by atoms with Crippen molar-refractivity contribution in [3.05, 3.63) is 87.8 Å². The number of hydrogen-bond acceptors (Lipinski definition) is 4. The molecule has 3 rings (SSSR count). The van der Waals surface area contributed by atoms with Crippen LogP contribution in [-0.2, 0) is 11.3 Å². The molecule has 0 saturated heterocycles. The molecule has 0 radical (unpaired) electrons. The average Bonchev–Trinajstić information content (AvgIpc) is 3.18. The maximum atomic E-state index is 14.8. The van der Waals surface area contributed by atoms with E-state index in [1.807, 2.05) is 43.3 Å². The van der Waals surface area contributed by atoms with Gasteiger partial charge in [0, 0.05) is 29.5 Å². The third-order valence-corrected chi connectivity index (χ3v) is 4.78. The molecule has 8 heteroatoms. The largest absolute Gasteiger partial charge is 0.461 e. The third-order valence-electron chi connectivity index (χ3n) is 4.78. The molecule has 1 heterocycles. The van der Waals surface area contributed by atoms with Crippen molar-refractivity contribution in [3.63, 3.8) is 0 Å². The van der Waals surface area contributed by atoms with Crippen LogP contribution in [-0.4, -0.2) is 28.9 Å². The third kappa shape index (κ3) is 4.67. The highest BCUT2D eigenvalue weighted by atomic mass is 19.1. The molecule has 7 nitrogen and oxygen atoms in total. The summed E-state index contributed by atoms with van der Waals surface area (Å²) in [6.07, 6.45) is 0. The number of hydrogen-bond donors (Lipinski definition) is 0. The van der Waals surface area contributed by atoms with Crippen molar-refractivity contribution in [1.82, 2.24) is 9.78 Å². The Morgan fingerprint density at radius 2 is 2.03 bits per heavy atom. The molecule has 2 aromatic carbocycles. The van der Waals surface area contributed by atoms with Crippen LogP contribution >= 0.6 is 0 Å². The minimum absolute atomic E-state index is 0.152. The van der Waals surface area contributed by atoms with E-state index >= 15 is 0 Å². The van der Waals surface area contributed by atoms with Crippen molar-refractivity contribution in [1.29, 1.82) is 0 Å². The lowest BCUT2D eigenvalue weighted by Crippen LogP contribution is -2.14. The SMILES string of the molecule is CCOC(=O)c1cc(C(C)c2ccc(-c3ccccc3)c(F)c2)nn1CCN=[N+]=[N-]. The number of halogens is 1. The number of aromatic nitrogens is 2. The summed E-state index contributed by atoms with van der Waals surface area (Å²) >= 11 is 0. The van der Waals surface area contributed by atoms with Gasteiger partial charge >= 0.3 is 5.97 Å². The van der Waals surface area contributed by atoms with Gasteiger partial charge < -0.3 is 4.74 Å². The fourth-order valence-corrected chi connectivity index (χ4v) is 3.20. The van der Waals surface area contributed by atoms with Crippen molar-refractivity contribution in [2.75, 3.05) is 13.2 Å². The van der Waals surface area contributed by atoms with Crippen LogP contribution in [0.25, 0.3) is 21.6 Å². The summed E-state index contributed by atoms with van der Waals surface area (Å²) in [5, 5.41) is 7.98. The lowest BCUT2D eigenvalue weighted by Gasteiger charge is -2.11. The molecule has 0 bridgehead atoms. The van der Waals surface area contributed by atoms with Gasteiger partial charge in [0.25, 0.3) is 0 Å². The van der Waals surface area contributed by atoms with Crippen LogP contribution in [0.3, 0.4) is 0 Å². The zero-order valence-corrected chi connectivity index (χ0v) is 16.8. The fourth-order valence-electron chi connectivity index (χ4n) is 3.20. The van der Waals surface area contributed by atoms with Gasteiger partial charge in [0.2, 0.25) is 0 Å². The number of nitrogens with zero attached hydrogens (tertiary/aromatic N) is 5. The van der Waals surface area contributed by atoms with E-state index in [9.17, 15) is 9.18 Å². The first kappa shape index (κ1) is 21.1. The molecule has 0 spiro atoms. The van der Waals surface area contributed by atoms with E-state index < -0.39 is 5.97 Å². The number of carbonyl (C=O) groups excluding carboxylic acids is 1. The maximum Gasteiger partial charge on any atom is 0.356 e. The lowest BCUT2D eigenvalue weighted by molar-refractivity contribution is 0.0512. The molecule has 0 aliphatic heterocycles. The Labute approximate surface area is 173 Å². The van der Waals surface area contributed by atoms with E-state index in [2.05, 4.69) is 15.1 Å². The molecule has 1 unspecified atom stereocenters. The van der Waals surface area contributed by atoms with Crippen LogP contribution in [0.5, 0.6) is 0 Å². The highest BCUT2D eigenvalue weighted by Gasteiger charge is 2.21. The normalized spacial score (nSPS) is 11.6. The standard InChI is InChI=1S/C22H22FN5O2/c1-3-30-22(29)21-14-20(26-28(21)12-11-25-27-24)15(2)17-9-10-18(19(23)13-17)16-7-5-4-6-8-16/h4-10,13-15H,3,11-12H2,1-2H3. The first-order valence-corrected chi connectivity index (χ1v) is 9.65. The molecule has 0 aliphatic carbocycles. The second-order valence-electron chi connectivity index (χ2n) is 6.68. The van der Waals surface area contributed by atoms with Crippen molar-refractivity contribution in [3.8, 4) is 11.1 Å². The van der Waals surface area contributed by atoms with Crippen LogP contribution in [0.1, 0.15) is 41.5 Å². The van der Waals surface area contributed by atoms with E-state index in [4.69, 9.17) is 10.3 Å². The summed E-state index contributed by atoms with van der Waals surface area (Å²) in [7, 11) is 0. The predicted octanol–water partition coefficient (Wildman–Crippen LogP) is 5.33. The molecule has 0 fully saturated rings. The Morgan fingerprint density at radius 3 is 2.70 bits per heavy atom. The zero-order valence-electron chi connectivity index (χ0n) is 16.8. The molecule has 0 amide bonds. The Balaban J connectivity index is 1.91. The average molecular weight is 407 g/mol. The second kappa shape index (κ2) is 9.71. The van der Waals surface area contributed by atoms with E-state index in [0.29, 0.717) is 11.3 Å². The van der Waals surface area contributed by atoms with Gasteiger partial charge in [-0.3, -0.25) is 4.68 Å². The molecule has 3 aromatic rings. The quantitative estimate of drug-likeness (QED) is 0.219. The van der Waals surface area contributed by atoms with Crippen molar-refractivity contribution in [2.24, 2.45) is 5.11 Å². The van der Waals surface area contributed by atoms with Gasteiger partial charge in [0.05, 0.1) is 12.3 Å². The minimum Gasteiger partial charge on any atom is -0.461 e. The summed E-state index contributed by atoms with van der Waals surface area (Å²) in [6.45, 7) is 4.24. The van der Waals surface area contributed by atoms with Crippen molar-refractivity contribution < 1.29 is 13.9 Å². The highest BCUT2D eigenvalue weighted by Crippen LogP contribution is 2.29. The zero-order chi connectivity index (χ0) is 21.5. The molecule has 30 heavy (non-hydrogen) atoms.